The molecule has 1 atom stereocenters. The normalized spacial score (nSPS) is 21.0. The van der Waals surface area contributed by atoms with Crippen LogP contribution in [0.1, 0.15) is 19.4 Å². The quantitative estimate of drug-likeness (QED) is 0.870. The zero-order valence-electron chi connectivity index (χ0n) is 10.8. The van der Waals surface area contributed by atoms with Crippen molar-refractivity contribution in [2.75, 3.05) is 24.5 Å². The summed E-state index contributed by atoms with van der Waals surface area (Å²) >= 11 is 6.22. The molecule has 2 rings (SSSR count). The first kappa shape index (κ1) is 12.7. The second-order valence-corrected chi connectivity index (χ2v) is 5.50. The number of nitrogens with one attached hydrogen (secondary N) is 1. The maximum absolute atomic E-state index is 6.22. The summed E-state index contributed by atoms with van der Waals surface area (Å²) in [6, 6.07) is 6.75. The van der Waals surface area contributed by atoms with Crippen molar-refractivity contribution in [3.05, 3.63) is 28.8 Å². The van der Waals surface area contributed by atoms with E-state index >= 15 is 0 Å². The molecule has 0 bridgehead atoms. The van der Waals surface area contributed by atoms with Gasteiger partial charge in [0.05, 0.1) is 0 Å². The van der Waals surface area contributed by atoms with E-state index in [1.807, 2.05) is 12.1 Å². The number of piperazine rings is 1. The van der Waals surface area contributed by atoms with Crippen LogP contribution in [0.15, 0.2) is 18.2 Å². The van der Waals surface area contributed by atoms with Gasteiger partial charge < -0.3 is 10.2 Å². The van der Waals surface area contributed by atoms with E-state index in [9.17, 15) is 0 Å². The largest absolute Gasteiger partial charge is 0.365 e. The van der Waals surface area contributed by atoms with Crippen molar-refractivity contribution in [1.29, 1.82) is 0 Å². The molecule has 0 radical (unpaired) electrons. The zero-order chi connectivity index (χ0) is 12.4. The molecule has 1 aromatic carbocycles. The van der Waals surface area contributed by atoms with Crippen molar-refractivity contribution < 1.29 is 0 Å². The number of hydrogen-bond donors (Lipinski definition) is 1. The maximum atomic E-state index is 6.22. The fourth-order valence-corrected chi connectivity index (χ4v) is 2.70. The molecule has 0 saturated carbocycles. The van der Waals surface area contributed by atoms with E-state index in [0.29, 0.717) is 12.0 Å². The minimum atomic E-state index is 0.556. The summed E-state index contributed by atoms with van der Waals surface area (Å²) in [6.07, 6.45) is 0. The second-order valence-electron chi connectivity index (χ2n) is 5.09. The highest BCUT2D eigenvalue weighted by atomic mass is 35.5. The van der Waals surface area contributed by atoms with Gasteiger partial charge in [-0.25, -0.2) is 0 Å². The van der Waals surface area contributed by atoms with Gasteiger partial charge in [-0.3, -0.25) is 0 Å². The first-order chi connectivity index (χ1) is 8.11. The monoisotopic (exact) mass is 252 g/mol. The van der Waals surface area contributed by atoms with Gasteiger partial charge in [0.25, 0.3) is 0 Å². The lowest BCUT2D eigenvalue weighted by molar-refractivity contribution is 0.390. The number of halogens is 1. The number of anilines is 1. The van der Waals surface area contributed by atoms with E-state index in [0.717, 1.165) is 24.7 Å². The third-order valence-electron chi connectivity index (χ3n) is 3.60. The highest BCUT2D eigenvalue weighted by Crippen LogP contribution is 2.29. The highest BCUT2D eigenvalue weighted by molar-refractivity contribution is 6.31. The summed E-state index contributed by atoms with van der Waals surface area (Å²) in [5, 5.41) is 4.34. The Hall–Kier alpha value is -0.730. The topological polar surface area (TPSA) is 15.3 Å². The van der Waals surface area contributed by atoms with E-state index < -0.39 is 0 Å². The van der Waals surface area contributed by atoms with Gasteiger partial charge in [0, 0.05) is 36.4 Å². The number of benzene rings is 1. The van der Waals surface area contributed by atoms with Crippen LogP contribution in [0.2, 0.25) is 5.02 Å². The van der Waals surface area contributed by atoms with Crippen molar-refractivity contribution in [2.24, 2.45) is 5.92 Å². The minimum Gasteiger partial charge on any atom is -0.365 e. The van der Waals surface area contributed by atoms with Crippen LogP contribution >= 0.6 is 11.6 Å². The van der Waals surface area contributed by atoms with E-state index in [2.05, 4.69) is 37.1 Å². The van der Waals surface area contributed by atoms with Crippen LogP contribution in [0.5, 0.6) is 0 Å². The van der Waals surface area contributed by atoms with Crippen molar-refractivity contribution >= 4 is 17.3 Å². The molecule has 1 fully saturated rings. The predicted molar refractivity (Wildman–Crippen MR) is 75.0 cm³/mol. The average Bonchev–Trinajstić information content (AvgIpc) is 2.33. The molecule has 0 aliphatic carbocycles. The molecule has 1 unspecified atom stereocenters. The van der Waals surface area contributed by atoms with Gasteiger partial charge in [-0.1, -0.05) is 31.5 Å². The lowest BCUT2D eigenvalue weighted by Gasteiger charge is -2.41. The number of nitrogens with zero attached hydrogens (tertiary/aromatic N) is 1. The predicted octanol–water partition coefficient (Wildman–Crippen LogP) is 3.08. The van der Waals surface area contributed by atoms with E-state index in [1.165, 1.54) is 11.3 Å². The first-order valence-corrected chi connectivity index (χ1v) is 6.71. The standard InChI is InChI=1S/C14H21ClN2/c1-10(2)14-9-16-7-8-17(14)13-6-4-5-12(15)11(13)3/h4-6,10,14,16H,7-9H2,1-3H3. The van der Waals surface area contributed by atoms with Gasteiger partial charge >= 0.3 is 0 Å². The van der Waals surface area contributed by atoms with Gasteiger partial charge in [-0.05, 0) is 30.5 Å². The lowest BCUT2D eigenvalue weighted by atomic mass is 9.99. The van der Waals surface area contributed by atoms with Crippen LogP contribution in [0.4, 0.5) is 5.69 Å². The highest BCUT2D eigenvalue weighted by Gasteiger charge is 2.26. The Balaban J connectivity index is 2.33. The van der Waals surface area contributed by atoms with Gasteiger partial charge in [0.1, 0.15) is 0 Å². The SMILES string of the molecule is Cc1c(Cl)cccc1N1CCNCC1C(C)C. The Morgan fingerprint density at radius 3 is 2.88 bits per heavy atom. The third kappa shape index (κ3) is 2.58. The zero-order valence-corrected chi connectivity index (χ0v) is 11.6. The van der Waals surface area contributed by atoms with Crippen LogP contribution in [0.3, 0.4) is 0 Å². The summed E-state index contributed by atoms with van der Waals surface area (Å²) in [5.74, 6) is 0.640. The summed E-state index contributed by atoms with van der Waals surface area (Å²) in [6.45, 7) is 9.84. The molecule has 1 aromatic rings. The molecule has 17 heavy (non-hydrogen) atoms. The van der Waals surface area contributed by atoms with Crippen LogP contribution in [0.25, 0.3) is 0 Å². The summed E-state index contributed by atoms with van der Waals surface area (Å²) in [5.41, 5.74) is 2.49. The molecule has 1 N–H and O–H groups in total. The van der Waals surface area contributed by atoms with Gasteiger partial charge in [-0.15, -0.1) is 0 Å². The molecule has 1 aliphatic heterocycles. The van der Waals surface area contributed by atoms with Crippen LogP contribution in [0, 0.1) is 12.8 Å². The molecule has 0 aromatic heterocycles. The molecule has 2 nitrogen and oxygen atoms in total. The molecule has 0 spiro atoms. The van der Waals surface area contributed by atoms with Crippen molar-refractivity contribution in [1.82, 2.24) is 5.32 Å². The number of hydrogen-bond acceptors (Lipinski definition) is 2. The molecule has 0 amide bonds. The Morgan fingerprint density at radius 2 is 2.18 bits per heavy atom. The Bertz CT molecular complexity index is 390. The minimum absolute atomic E-state index is 0.556. The van der Waals surface area contributed by atoms with Crippen molar-refractivity contribution in [3.8, 4) is 0 Å². The molecular weight excluding hydrogens is 232 g/mol. The number of rotatable bonds is 2. The summed E-state index contributed by atoms with van der Waals surface area (Å²) in [4.78, 5) is 2.50. The fraction of sp³-hybridized carbons (Fsp3) is 0.571. The summed E-state index contributed by atoms with van der Waals surface area (Å²) in [7, 11) is 0. The van der Waals surface area contributed by atoms with Crippen molar-refractivity contribution in [3.63, 3.8) is 0 Å². The maximum Gasteiger partial charge on any atom is 0.0455 e. The first-order valence-electron chi connectivity index (χ1n) is 6.33. The smallest absolute Gasteiger partial charge is 0.0455 e. The molecule has 1 aliphatic rings. The average molecular weight is 253 g/mol. The molecule has 3 heteroatoms. The van der Waals surface area contributed by atoms with E-state index in [4.69, 9.17) is 11.6 Å². The molecule has 1 saturated heterocycles. The van der Waals surface area contributed by atoms with Crippen LogP contribution in [-0.4, -0.2) is 25.7 Å². The van der Waals surface area contributed by atoms with Crippen LogP contribution < -0.4 is 10.2 Å². The molecule has 94 valence electrons. The van der Waals surface area contributed by atoms with Crippen LogP contribution in [-0.2, 0) is 0 Å². The Kier molecular flexibility index (Phi) is 3.95. The Morgan fingerprint density at radius 1 is 1.41 bits per heavy atom. The van der Waals surface area contributed by atoms with Gasteiger partial charge in [0.2, 0.25) is 0 Å². The van der Waals surface area contributed by atoms with E-state index in [1.54, 1.807) is 0 Å². The van der Waals surface area contributed by atoms with E-state index in [-0.39, 0.29) is 0 Å². The van der Waals surface area contributed by atoms with Gasteiger partial charge in [-0.2, -0.15) is 0 Å². The second kappa shape index (κ2) is 5.28. The summed E-state index contributed by atoms with van der Waals surface area (Å²) < 4.78 is 0. The lowest BCUT2D eigenvalue weighted by Crippen LogP contribution is -2.54. The van der Waals surface area contributed by atoms with Gasteiger partial charge in [0.15, 0.2) is 0 Å². The van der Waals surface area contributed by atoms with Crippen molar-refractivity contribution in [2.45, 2.75) is 26.8 Å². The molecular formula is C14H21ClN2. The Labute approximate surface area is 109 Å². The molecule has 1 heterocycles. The third-order valence-corrected chi connectivity index (χ3v) is 4.01. The fourth-order valence-electron chi connectivity index (χ4n) is 2.53.